The van der Waals surface area contributed by atoms with Gasteiger partial charge in [0.2, 0.25) is 10.0 Å². The molecule has 1 fully saturated rings. The number of likely N-dealkylation sites (tertiary alicyclic amines) is 1. The van der Waals surface area contributed by atoms with Crippen LogP contribution in [0.3, 0.4) is 0 Å². The Kier molecular flexibility index (Phi) is 7.04. The number of carbonyl (C=O) groups excluding carboxylic acids is 1. The molecule has 39 heavy (non-hydrogen) atoms. The number of nitrogens with zero attached hydrogens (tertiary/aromatic N) is 4. The maximum Gasteiger partial charge on any atom is 0.410 e. The average Bonchev–Trinajstić information content (AvgIpc) is 3.50. The molecular weight excluding hydrogens is 516 g/mol. The second-order valence-corrected chi connectivity index (χ2v) is 12.4. The fraction of sp³-hybridized carbons (Fsp3) is 0.321. The molecule has 0 radical (unpaired) electrons. The Hall–Kier alpha value is -3.96. The van der Waals surface area contributed by atoms with Crippen LogP contribution in [0.1, 0.15) is 32.8 Å². The molecule has 1 unspecified atom stereocenters. The minimum atomic E-state index is -3.78. The van der Waals surface area contributed by atoms with Crippen LogP contribution in [-0.2, 0) is 14.8 Å². The summed E-state index contributed by atoms with van der Waals surface area (Å²) in [4.78, 5) is 18.8. The Morgan fingerprint density at radius 3 is 2.49 bits per heavy atom. The lowest BCUT2D eigenvalue weighted by Gasteiger charge is -2.24. The van der Waals surface area contributed by atoms with Crippen LogP contribution in [0.2, 0.25) is 0 Å². The number of aryl methyl sites for hydroxylation is 1. The van der Waals surface area contributed by atoms with Gasteiger partial charge >= 0.3 is 6.09 Å². The highest BCUT2D eigenvalue weighted by Crippen LogP contribution is 2.26. The molecule has 1 amide bonds. The van der Waals surface area contributed by atoms with Gasteiger partial charge in [0.15, 0.2) is 5.65 Å². The van der Waals surface area contributed by atoms with Gasteiger partial charge in [-0.05, 0) is 58.4 Å². The van der Waals surface area contributed by atoms with Gasteiger partial charge in [0.1, 0.15) is 11.4 Å². The zero-order chi connectivity index (χ0) is 27.8. The largest absolute Gasteiger partial charge is 0.444 e. The number of ether oxygens (including phenoxy) is 1. The number of hydrogen-bond donors (Lipinski definition) is 2. The molecule has 10 nitrogen and oxygen atoms in total. The second kappa shape index (κ2) is 10.3. The van der Waals surface area contributed by atoms with E-state index in [2.05, 4.69) is 15.1 Å². The zero-order valence-electron chi connectivity index (χ0n) is 22.4. The molecule has 0 spiro atoms. The third-order valence-electron chi connectivity index (χ3n) is 6.32. The third kappa shape index (κ3) is 6.04. The predicted octanol–water partition coefficient (Wildman–Crippen LogP) is 4.74. The van der Waals surface area contributed by atoms with Crippen molar-refractivity contribution in [2.75, 3.05) is 18.4 Å². The van der Waals surface area contributed by atoms with Crippen molar-refractivity contribution in [3.63, 3.8) is 0 Å². The van der Waals surface area contributed by atoms with E-state index >= 15 is 0 Å². The molecule has 2 N–H and O–H groups in total. The first kappa shape index (κ1) is 26.6. The van der Waals surface area contributed by atoms with Crippen LogP contribution in [0.4, 0.5) is 16.3 Å². The van der Waals surface area contributed by atoms with Gasteiger partial charge in [-0.3, -0.25) is 0 Å². The fourth-order valence-electron chi connectivity index (χ4n) is 4.42. The highest BCUT2D eigenvalue weighted by atomic mass is 32.2. The molecule has 2 aromatic heterocycles. The number of fused-ring (bicyclic) bond motifs is 1. The summed E-state index contributed by atoms with van der Waals surface area (Å²) in [6.45, 7) is 8.06. The van der Waals surface area contributed by atoms with Gasteiger partial charge in [0.05, 0.1) is 16.8 Å². The molecule has 0 aliphatic carbocycles. The Morgan fingerprint density at radius 2 is 1.79 bits per heavy atom. The molecule has 204 valence electrons. The van der Waals surface area contributed by atoms with E-state index in [4.69, 9.17) is 9.72 Å². The molecule has 3 heterocycles. The van der Waals surface area contributed by atoms with E-state index in [-0.39, 0.29) is 17.5 Å². The third-order valence-corrected chi connectivity index (χ3v) is 7.85. The summed E-state index contributed by atoms with van der Waals surface area (Å²) in [5.74, 6) is 0.703. The van der Waals surface area contributed by atoms with Crippen molar-refractivity contribution < 1.29 is 17.9 Å². The van der Waals surface area contributed by atoms with E-state index in [1.54, 1.807) is 55.7 Å². The maximum absolute atomic E-state index is 13.1. The Bertz CT molecular complexity index is 1600. The maximum atomic E-state index is 13.1. The van der Waals surface area contributed by atoms with E-state index in [1.807, 2.05) is 43.3 Å². The van der Waals surface area contributed by atoms with Crippen LogP contribution < -0.4 is 10.0 Å². The summed E-state index contributed by atoms with van der Waals surface area (Å²) < 4.78 is 36.0. The van der Waals surface area contributed by atoms with Crippen LogP contribution in [0, 0.1) is 6.92 Å². The number of hydrogen-bond acceptors (Lipinski definition) is 7. The van der Waals surface area contributed by atoms with E-state index in [0.29, 0.717) is 24.5 Å². The normalized spacial score (nSPS) is 16.0. The fourth-order valence-corrected chi connectivity index (χ4v) is 5.68. The molecule has 4 aromatic rings. The summed E-state index contributed by atoms with van der Waals surface area (Å²) >= 11 is 0. The van der Waals surface area contributed by atoms with Crippen molar-refractivity contribution in [1.29, 1.82) is 0 Å². The van der Waals surface area contributed by atoms with Crippen molar-refractivity contribution in [1.82, 2.24) is 24.2 Å². The summed E-state index contributed by atoms with van der Waals surface area (Å²) in [5, 5.41) is 7.80. The number of benzene rings is 2. The average molecular weight is 549 g/mol. The molecule has 1 atom stereocenters. The number of rotatable bonds is 6. The number of nitrogens with one attached hydrogen (secondary N) is 2. The van der Waals surface area contributed by atoms with E-state index in [1.165, 1.54) is 4.90 Å². The van der Waals surface area contributed by atoms with Crippen molar-refractivity contribution in [3.05, 3.63) is 72.4 Å². The minimum absolute atomic E-state index is 0.142. The molecule has 1 aliphatic heterocycles. The number of anilines is 2. The number of aromatic nitrogens is 3. The summed E-state index contributed by atoms with van der Waals surface area (Å²) in [7, 11) is -3.78. The Labute approximate surface area is 228 Å². The molecule has 0 bridgehead atoms. The lowest BCUT2D eigenvalue weighted by Crippen LogP contribution is -2.40. The van der Waals surface area contributed by atoms with Crippen molar-refractivity contribution in [3.8, 4) is 11.3 Å². The zero-order valence-corrected chi connectivity index (χ0v) is 23.2. The quantitative estimate of drug-likeness (QED) is 0.357. The van der Waals surface area contributed by atoms with Crippen molar-refractivity contribution in [2.24, 2.45) is 0 Å². The lowest BCUT2D eigenvalue weighted by atomic mass is 10.1. The van der Waals surface area contributed by atoms with Gasteiger partial charge in [-0.25, -0.2) is 22.9 Å². The van der Waals surface area contributed by atoms with E-state index < -0.39 is 21.7 Å². The van der Waals surface area contributed by atoms with Gasteiger partial charge in [-0.2, -0.15) is 9.61 Å². The molecule has 11 heteroatoms. The molecule has 2 aromatic carbocycles. The van der Waals surface area contributed by atoms with Gasteiger partial charge < -0.3 is 15.0 Å². The number of sulfonamides is 1. The summed E-state index contributed by atoms with van der Waals surface area (Å²) in [6.07, 6.45) is 1.84. The van der Waals surface area contributed by atoms with Gasteiger partial charge in [-0.15, -0.1) is 0 Å². The predicted molar refractivity (Wildman–Crippen MR) is 149 cm³/mol. The molecule has 0 saturated carbocycles. The van der Waals surface area contributed by atoms with Crippen LogP contribution >= 0.6 is 0 Å². The standard InChI is InChI=1S/C28H32N6O4S/c1-19-17-29-34-25(16-24(31-26(19)34)20-8-6-5-7-9-20)30-21-10-12-23(13-11-21)39(36,37)32-22-14-15-33(18-22)27(35)38-28(2,3)4/h5-13,16-17,22,30,32H,14-15,18H2,1-4H3. The van der Waals surface area contributed by atoms with Gasteiger partial charge in [0, 0.05) is 42.0 Å². The smallest absolute Gasteiger partial charge is 0.410 e. The van der Waals surface area contributed by atoms with Crippen molar-refractivity contribution in [2.45, 2.75) is 50.7 Å². The first-order chi connectivity index (χ1) is 18.5. The topological polar surface area (TPSA) is 118 Å². The van der Waals surface area contributed by atoms with Crippen LogP contribution in [0.15, 0.2) is 71.8 Å². The number of amides is 1. The highest BCUT2D eigenvalue weighted by Gasteiger charge is 2.32. The van der Waals surface area contributed by atoms with Crippen LogP contribution in [0.25, 0.3) is 16.9 Å². The summed E-state index contributed by atoms with van der Waals surface area (Å²) in [5.41, 5.74) is 3.56. The minimum Gasteiger partial charge on any atom is -0.444 e. The first-order valence-electron chi connectivity index (χ1n) is 12.8. The second-order valence-electron chi connectivity index (χ2n) is 10.6. The monoisotopic (exact) mass is 548 g/mol. The SMILES string of the molecule is Cc1cnn2c(Nc3ccc(S(=O)(=O)NC4CCN(C(=O)OC(C)(C)C)C4)cc3)cc(-c3ccccc3)nc12. The molecular formula is C28H32N6O4S. The Morgan fingerprint density at radius 1 is 1.08 bits per heavy atom. The first-order valence-corrected chi connectivity index (χ1v) is 14.2. The van der Waals surface area contributed by atoms with Crippen molar-refractivity contribution >= 4 is 33.3 Å². The lowest BCUT2D eigenvalue weighted by molar-refractivity contribution is 0.0292. The van der Waals surface area contributed by atoms with E-state index in [0.717, 1.165) is 22.5 Å². The van der Waals surface area contributed by atoms with Crippen LogP contribution in [-0.4, -0.2) is 58.7 Å². The Balaban J connectivity index is 1.30. The van der Waals surface area contributed by atoms with Crippen LogP contribution in [0.5, 0.6) is 0 Å². The molecule has 5 rings (SSSR count). The van der Waals surface area contributed by atoms with Gasteiger partial charge in [-0.1, -0.05) is 30.3 Å². The summed E-state index contributed by atoms with van der Waals surface area (Å²) in [6, 6.07) is 17.9. The molecule has 1 saturated heterocycles. The molecule has 1 aliphatic rings. The number of carbonyl (C=O) groups is 1. The van der Waals surface area contributed by atoms with Gasteiger partial charge in [0.25, 0.3) is 0 Å². The highest BCUT2D eigenvalue weighted by molar-refractivity contribution is 7.89. The van der Waals surface area contributed by atoms with E-state index in [9.17, 15) is 13.2 Å².